The van der Waals surface area contributed by atoms with Gasteiger partial charge in [0.2, 0.25) is 0 Å². The summed E-state index contributed by atoms with van der Waals surface area (Å²) in [5.41, 5.74) is 5.55. The van der Waals surface area contributed by atoms with E-state index < -0.39 is 34.8 Å². The molecule has 0 saturated carbocycles. The number of esters is 2. The number of fused-ring (bicyclic) bond motifs is 2. The van der Waals surface area contributed by atoms with Crippen LogP contribution in [0.2, 0.25) is 0 Å². The summed E-state index contributed by atoms with van der Waals surface area (Å²) in [6, 6.07) is 31.7. The Kier molecular flexibility index (Phi) is 24.0. The molecule has 2 heterocycles. The van der Waals surface area contributed by atoms with Crippen molar-refractivity contribution < 1.29 is 42.5 Å². The Bertz CT molecular complexity index is 2990. The number of nitrogens with zero attached hydrogens (tertiary/aromatic N) is 2. The lowest BCUT2D eigenvalue weighted by Crippen LogP contribution is -2.41. The van der Waals surface area contributed by atoms with Crippen molar-refractivity contribution in [2.45, 2.75) is 150 Å². The number of carbonyl (C=O) groups is 3. The van der Waals surface area contributed by atoms with Crippen LogP contribution < -0.4 is 26.4 Å². The van der Waals surface area contributed by atoms with Crippen LogP contribution in [-0.2, 0) is 25.2 Å². The summed E-state index contributed by atoms with van der Waals surface area (Å²) in [5.74, 6) is -0.931. The smallest absolute Gasteiger partial charge is 0.407 e. The second kappa shape index (κ2) is 30.3. The van der Waals surface area contributed by atoms with Crippen molar-refractivity contribution in [3.05, 3.63) is 151 Å². The molecule has 0 aliphatic rings. The molecule has 2 unspecified atom stereocenters. The van der Waals surface area contributed by atoms with Gasteiger partial charge in [0.1, 0.15) is 22.3 Å². The first-order chi connectivity index (χ1) is 37.4. The number of ether oxygens (including phenoxy) is 3. The van der Waals surface area contributed by atoms with Gasteiger partial charge in [0, 0.05) is 67.1 Å². The Labute approximate surface area is 461 Å². The monoisotopic (exact) mass is 1070 g/mol. The number of carbonyl (C=O) groups excluding carboxylic acids is 3. The lowest BCUT2D eigenvalue weighted by Gasteiger charge is -2.34. The summed E-state index contributed by atoms with van der Waals surface area (Å²) < 4.78 is 26.9. The maximum absolute atomic E-state index is 12.8. The molecule has 0 radical (unpaired) electrons. The zero-order chi connectivity index (χ0) is 56.8. The number of alkyl carbamates (subject to hydrolysis) is 1. The number of benzene rings is 4. The quantitative estimate of drug-likeness (QED) is 0.0205. The Hall–Kier alpha value is -6.93. The predicted octanol–water partition coefficient (Wildman–Crippen LogP) is 13.5. The second-order valence-electron chi connectivity index (χ2n) is 20.9. The molecule has 2 atom stereocenters. The van der Waals surface area contributed by atoms with Gasteiger partial charge < -0.3 is 43.3 Å². The lowest BCUT2D eigenvalue weighted by molar-refractivity contribution is 0.0483. The summed E-state index contributed by atoms with van der Waals surface area (Å²) >= 11 is 0. The first-order valence-electron chi connectivity index (χ1n) is 28.1. The van der Waals surface area contributed by atoms with Gasteiger partial charge in [0.25, 0.3) is 0 Å². The van der Waals surface area contributed by atoms with Crippen LogP contribution in [0.5, 0.6) is 0 Å². The van der Waals surface area contributed by atoms with Gasteiger partial charge in [-0.05, 0) is 171 Å². The highest BCUT2D eigenvalue weighted by molar-refractivity contribution is 5.94. The first-order valence-corrected chi connectivity index (χ1v) is 28.1. The fourth-order valence-corrected chi connectivity index (χ4v) is 9.63. The molecule has 2 N–H and O–H groups in total. The molecular weight excluding hydrogens is 987 g/mol. The molecule has 422 valence electrons. The number of amides is 1. The number of aliphatic hydroxyl groups excluding tert-OH is 1. The average molecular weight is 1070 g/mol. The molecule has 14 heteroatoms. The molecule has 2 aromatic heterocycles. The predicted molar refractivity (Wildman–Crippen MR) is 312 cm³/mol. The van der Waals surface area contributed by atoms with E-state index in [4.69, 9.17) is 28.2 Å². The van der Waals surface area contributed by atoms with Crippen LogP contribution >= 0.6 is 0 Å². The lowest BCUT2D eigenvalue weighted by atomic mass is 9.71. The molecule has 0 bridgehead atoms. The fourth-order valence-electron chi connectivity index (χ4n) is 9.63. The molecule has 0 fully saturated rings. The number of hydrogen-bond donors (Lipinski definition) is 2. The Morgan fingerprint density at radius 1 is 0.590 bits per heavy atom. The topological polar surface area (TPSA) is 178 Å². The molecule has 0 aliphatic heterocycles. The van der Waals surface area contributed by atoms with E-state index in [-0.39, 0.29) is 36.4 Å². The van der Waals surface area contributed by atoms with Gasteiger partial charge in [-0.1, -0.05) is 81.3 Å². The van der Waals surface area contributed by atoms with Crippen LogP contribution in [-0.4, -0.2) is 75.7 Å². The molecule has 6 aromatic rings. The van der Waals surface area contributed by atoms with Crippen molar-refractivity contribution in [2.24, 2.45) is 0 Å². The minimum atomic E-state index is -0.705. The largest absolute Gasteiger partial charge is 0.462 e. The maximum Gasteiger partial charge on any atom is 0.407 e. The molecule has 6 rings (SSSR count). The molecule has 78 heavy (non-hydrogen) atoms. The number of aryl methyl sites for hydroxylation is 1. The van der Waals surface area contributed by atoms with E-state index in [1.807, 2.05) is 50.2 Å². The molecule has 14 nitrogen and oxygen atoms in total. The van der Waals surface area contributed by atoms with Gasteiger partial charge >= 0.3 is 29.3 Å². The SMILES string of the molecule is CCN(CC)c1ccc2cc(C(=O)OCCCCCCO)c(=O)oc2c1.CCN(CC)c1ccc2cc(C(=O)OCCCCCCOC(=O)NC(C)(C)c3cccc(C(C)(CC)CC(C)c4ccc(C)cc4)c3)c(=O)oc2c1. The minimum absolute atomic E-state index is 0.0174. The van der Waals surface area contributed by atoms with Crippen molar-refractivity contribution in [1.82, 2.24) is 5.32 Å². The van der Waals surface area contributed by atoms with Crippen LogP contribution in [0.25, 0.3) is 21.9 Å². The third kappa shape index (κ3) is 17.5. The van der Waals surface area contributed by atoms with Crippen LogP contribution in [0.1, 0.15) is 175 Å². The van der Waals surface area contributed by atoms with Crippen molar-refractivity contribution in [2.75, 3.05) is 62.4 Å². The Morgan fingerprint density at radius 2 is 1.05 bits per heavy atom. The first kappa shape index (κ1) is 61.9. The van der Waals surface area contributed by atoms with Crippen LogP contribution in [0.3, 0.4) is 0 Å². The van der Waals surface area contributed by atoms with Crippen LogP contribution in [0.15, 0.2) is 115 Å². The number of unbranched alkanes of at least 4 members (excludes halogenated alkanes) is 6. The summed E-state index contributed by atoms with van der Waals surface area (Å²) in [4.78, 5) is 66.6. The fraction of sp³-hybridized carbons (Fsp3) is 0.484. The van der Waals surface area contributed by atoms with Gasteiger partial charge in [0.05, 0.1) is 25.4 Å². The zero-order valence-electron chi connectivity index (χ0n) is 48.0. The van der Waals surface area contributed by atoms with E-state index >= 15 is 0 Å². The second-order valence-corrected chi connectivity index (χ2v) is 20.9. The number of hydrogen-bond acceptors (Lipinski definition) is 13. The van der Waals surface area contributed by atoms with Gasteiger partial charge in [-0.15, -0.1) is 0 Å². The van der Waals surface area contributed by atoms with E-state index in [0.717, 1.165) is 88.1 Å². The van der Waals surface area contributed by atoms with E-state index in [1.54, 1.807) is 0 Å². The summed E-state index contributed by atoms with van der Waals surface area (Å²) in [5, 5.41) is 13.1. The van der Waals surface area contributed by atoms with E-state index in [0.29, 0.717) is 53.7 Å². The summed E-state index contributed by atoms with van der Waals surface area (Å²) in [6.07, 6.45) is 7.71. The molecule has 0 aliphatic carbocycles. The number of rotatable bonds is 28. The van der Waals surface area contributed by atoms with Crippen molar-refractivity contribution >= 4 is 51.3 Å². The summed E-state index contributed by atoms with van der Waals surface area (Å²) in [6.45, 7) is 25.5. The van der Waals surface area contributed by atoms with E-state index in [1.165, 1.54) is 28.8 Å². The third-order valence-electron chi connectivity index (χ3n) is 14.8. The maximum atomic E-state index is 12.8. The Morgan fingerprint density at radius 3 is 1.51 bits per heavy atom. The zero-order valence-corrected chi connectivity index (χ0v) is 48.0. The highest BCUT2D eigenvalue weighted by Gasteiger charge is 2.31. The van der Waals surface area contributed by atoms with Crippen molar-refractivity contribution in [1.29, 1.82) is 0 Å². The number of nitrogens with one attached hydrogen (secondary N) is 1. The number of aliphatic hydroxyl groups is 1. The average Bonchev–Trinajstić information content (AvgIpc) is 3.42. The molecule has 1 amide bonds. The third-order valence-corrected chi connectivity index (χ3v) is 14.8. The summed E-state index contributed by atoms with van der Waals surface area (Å²) in [7, 11) is 0. The number of anilines is 2. The van der Waals surface area contributed by atoms with E-state index in [9.17, 15) is 24.0 Å². The van der Waals surface area contributed by atoms with Crippen LogP contribution in [0, 0.1) is 6.92 Å². The standard InChI is InChI=1S/C44H58N2O6.C20H27NO5/c1-9-44(8,30-32(5)33-21-19-31(4)20-22-33)36-18-16-17-35(28-36)43(6,7)45-42(49)51-26-15-13-12-14-25-50-40(47)38-27-34-23-24-37(46(10-2)11-3)29-39(34)52-41(38)48;1-3-21(4-2)16-10-9-15-13-17(20(24)26-18(15)14-16)19(23)25-12-8-6-5-7-11-22/h16-24,27-29,32H,9-15,25-26,30H2,1-8H3,(H,45,49);9-10,13-14,22H,3-8,11-12H2,1-2H3. The van der Waals surface area contributed by atoms with Crippen molar-refractivity contribution in [3.8, 4) is 0 Å². The molecular formula is C64H85N3O11. The van der Waals surface area contributed by atoms with E-state index in [2.05, 4.69) is 119 Å². The normalized spacial score (nSPS) is 12.5. The minimum Gasteiger partial charge on any atom is -0.462 e. The highest BCUT2D eigenvalue weighted by Crippen LogP contribution is 2.39. The molecule has 0 spiro atoms. The van der Waals surface area contributed by atoms with Gasteiger partial charge in [0.15, 0.2) is 0 Å². The van der Waals surface area contributed by atoms with Gasteiger partial charge in [-0.2, -0.15) is 0 Å². The van der Waals surface area contributed by atoms with Crippen LogP contribution in [0.4, 0.5) is 16.2 Å². The van der Waals surface area contributed by atoms with Gasteiger partial charge in [-0.25, -0.2) is 24.0 Å². The highest BCUT2D eigenvalue weighted by atomic mass is 16.6. The van der Waals surface area contributed by atoms with Crippen molar-refractivity contribution in [3.63, 3.8) is 0 Å². The molecule has 0 saturated heterocycles. The molecule has 4 aromatic carbocycles. The Balaban J connectivity index is 0.000000360. The van der Waals surface area contributed by atoms with Gasteiger partial charge in [-0.3, -0.25) is 0 Å².